The van der Waals surface area contributed by atoms with Gasteiger partial charge in [-0.3, -0.25) is 9.36 Å². The van der Waals surface area contributed by atoms with Crippen LogP contribution < -0.4 is 15.8 Å². The monoisotopic (exact) mass is 525 g/mol. The van der Waals surface area contributed by atoms with Gasteiger partial charge in [0.05, 0.1) is 9.86 Å². The molecule has 2 unspecified atom stereocenters. The Morgan fingerprint density at radius 3 is 2.56 bits per heavy atom. The molecule has 2 N–H and O–H groups in total. The normalized spacial score (nSPS) is 23.2. The third kappa shape index (κ3) is 4.60. The molecule has 2 aliphatic rings. The fourth-order valence-corrected chi connectivity index (χ4v) is 6.28. The summed E-state index contributed by atoms with van der Waals surface area (Å²) >= 11 is 3.53. The highest BCUT2D eigenvalue weighted by Crippen LogP contribution is 2.39. The lowest BCUT2D eigenvalue weighted by Gasteiger charge is -2.40. The maximum atomic E-state index is 13.3. The van der Waals surface area contributed by atoms with Crippen LogP contribution in [0.15, 0.2) is 15.5 Å². The van der Waals surface area contributed by atoms with Gasteiger partial charge < -0.3 is 24.6 Å². The van der Waals surface area contributed by atoms with Gasteiger partial charge in [0.25, 0.3) is 5.56 Å². The van der Waals surface area contributed by atoms with Gasteiger partial charge in [0.2, 0.25) is 5.95 Å². The van der Waals surface area contributed by atoms with Crippen LogP contribution in [0, 0.1) is 0 Å². The lowest BCUT2D eigenvalue weighted by Crippen LogP contribution is -2.51. The van der Waals surface area contributed by atoms with E-state index in [1.165, 1.54) is 0 Å². The van der Waals surface area contributed by atoms with Crippen LogP contribution in [0.2, 0.25) is 25.7 Å². The molecule has 1 amide bonds. The Morgan fingerprint density at radius 1 is 1.31 bits per heavy atom. The van der Waals surface area contributed by atoms with Crippen molar-refractivity contribution in [1.29, 1.82) is 0 Å². The number of anilines is 1. The molecule has 2 fully saturated rings. The lowest BCUT2D eigenvalue weighted by atomic mass is 9.98. The predicted molar refractivity (Wildman–Crippen MR) is 130 cm³/mol. The third-order valence-corrected chi connectivity index (χ3v) is 8.85. The molecule has 2 aromatic rings. The van der Waals surface area contributed by atoms with E-state index in [-0.39, 0.29) is 23.7 Å². The van der Waals surface area contributed by atoms with Crippen molar-refractivity contribution in [2.24, 2.45) is 7.05 Å². The molecular weight excluding hydrogens is 494 g/mol. The average Bonchev–Trinajstić information content (AvgIpc) is 3.13. The first kappa shape index (κ1) is 23.3. The van der Waals surface area contributed by atoms with Crippen molar-refractivity contribution >= 4 is 47.1 Å². The van der Waals surface area contributed by atoms with Crippen molar-refractivity contribution < 1.29 is 14.6 Å². The van der Waals surface area contributed by atoms with E-state index < -0.39 is 14.2 Å². The zero-order valence-electron chi connectivity index (χ0n) is 19.1. The number of fused-ring (bicyclic) bond motifs is 3. The maximum Gasteiger partial charge on any atom is 0.404 e. The Hall–Kier alpha value is -1.85. The zero-order valence-corrected chi connectivity index (χ0v) is 21.7. The second-order valence-electron chi connectivity index (χ2n) is 10.2. The second-order valence-corrected chi connectivity index (χ2v) is 16.7. The van der Waals surface area contributed by atoms with E-state index in [9.17, 15) is 9.59 Å². The Bertz CT molecular complexity index is 1060. The fraction of sp³-hybridized carbons (Fsp3) is 0.667. The second kappa shape index (κ2) is 8.83. The smallest absolute Gasteiger partial charge is 0.404 e. The first-order chi connectivity index (χ1) is 15.0. The first-order valence-electron chi connectivity index (χ1n) is 11.2. The molecule has 0 aliphatic carbocycles. The van der Waals surface area contributed by atoms with Crippen molar-refractivity contribution in [3.05, 3.63) is 21.0 Å². The van der Waals surface area contributed by atoms with Gasteiger partial charge in [-0.1, -0.05) is 19.6 Å². The van der Waals surface area contributed by atoms with Gasteiger partial charge in [0.1, 0.15) is 6.73 Å². The zero-order chi connectivity index (χ0) is 23.2. The van der Waals surface area contributed by atoms with Gasteiger partial charge in [-0.25, -0.2) is 4.79 Å². The van der Waals surface area contributed by atoms with Crippen LogP contribution in [0.4, 0.5) is 10.7 Å². The van der Waals surface area contributed by atoms with Crippen molar-refractivity contribution in [2.45, 2.75) is 76.2 Å². The average molecular weight is 527 g/mol. The Morgan fingerprint density at radius 2 is 1.97 bits per heavy atom. The van der Waals surface area contributed by atoms with Gasteiger partial charge in [0.15, 0.2) is 5.65 Å². The largest absolute Gasteiger partial charge is 0.465 e. The van der Waals surface area contributed by atoms with Crippen molar-refractivity contribution in [2.75, 3.05) is 11.5 Å². The quantitative estimate of drug-likeness (QED) is 0.423. The Labute approximate surface area is 196 Å². The summed E-state index contributed by atoms with van der Waals surface area (Å²) in [7, 11) is 0.586. The van der Waals surface area contributed by atoms with Gasteiger partial charge >= 0.3 is 6.09 Å². The molecule has 2 atom stereocenters. The minimum Gasteiger partial charge on any atom is -0.465 e. The van der Waals surface area contributed by atoms with Gasteiger partial charge in [0, 0.05) is 46.1 Å². The molecular formula is C21H32BrN5O4Si. The number of halogens is 1. The van der Waals surface area contributed by atoms with E-state index in [2.05, 4.69) is 45.8 Å². The number of amides is 1. The van der Waals surface area contributed by atoms with E-state index in [0.29, 0.717) is 34.8 Å². The van der Waals surface area contributed by atoms with Crippen LogP contribution in [-0.2, 0) is 18.5 Å². The molecule has 0 saturated carbocycles. The highest BCUT2D eigenvalue weighted by Gasteiger charge is 2.43. The summed E-state index contributed by atoms with van der Waals surface area (Å²) in [6.07, 6.45) is 4.28. The van der Waals surface area contributed by atoms with Crippen LogP contribution in [-0.4, -0.2) is 58.1 Å². The molecule has 2 saturated heterocycles. The highest BCUT2D eigenvalue weighted by atomic mass is 79.9. The number of rotatable bonds is 7. The lowest BCUT2D eigenvalue weighted by molar-refractivity contribution is 0.0898. The Balaban J connectivity index is 1.63. The summed E-state index contributed by atoms with van der Waals surface area (Å²) in [6.45, 7) is 8.00. The number of hydrogen-bond acceptors (Lipinski definition) is 5. The van der Waals surface area contributed by atoms with Crippen LogP contribution in [0.1, 0.15) is 25.7 Å². The third-order valence-electron chi connectivity index (χ3n) is 6.55. The topological polar surface area (TPSA) is 102 Å². The molecule has 2 bridgehead atoms. The van der Waals surface area contributed by atoms with Crippen molar-refractivity contribution in [3.63, 3.8) is 0 Å². The van der Waals surface area contributed by atoms with Crippen LogP contribution in [0.3, 0.4) is 0 Å². The number of aromatic nitrogens is 3. The van der Waals surface area contributed by atoms with Crippen molar-refractivity contribution in [3.8, 4) is 0 Å². The number of hydrogen-bond donors (Lipinski definition) is 2. The van der Waals surface area contributed by atoms with Gasteiger partial charge in [-0.2, -0.15) is 4.98 Å². The molecule has 11 heteroatoms. The Kier molecular flexibility index (Phi) is 6.43. The van der Waals surface area contributed by atoms with Gasteiger partial charge in [-0.05, 0) is 47.7 Å². The number of carbonyl (C=O) groups is 1. The molecule has 0 spiro atoms. The molecule has 4 rings (SSSR count). The minimum atomic E-state index is -1.18. The van der Waals surface area contributed by atoms with Gasteiger partial charge in [-0.15, -0.1) is 0 Å². The molecule has 9 nitrogen and oxygen atoms in total. The number of nitrogens with zero attached hydrogens (tertiary/aromatic N) is 4. The SMILES string of the molecule is Cn1c(N2C3CCC2CC(NC(=O)O)C3)nc2c(c(Br)cn2COCC[Si](C)(C)C)c1=O. The number of carboxylic acid groups (broad SMARTS) is 1. The summed E-state index contributed by atoms with van der Waals surface area (Å²) in [5.74, 6) is 0.651. The summed E-state index contributed by atoms with van der Waals surface area (Å²) in [4.78, 5) is 31.5. The van der Waals surface area contributed by atoms with Crippen LogP contribution >= 0.6 is 15.9 Å². The van der Waals surface area contributed by atoms with E-state index >= 15 is 0 Å². The molecule has 32 heavy (non-hydrogen) atoms. The fourth-order valence-electron chi connectivity index (χ4n) is 4.93. The number of nitrogens with one attached hydrogen (secondary N) is 1. The summed E-state index contributed by atoms with van der Waals surface area (Å²) in [5.41, 5.74) is 0.524. The standard InChI is InChI=1S/C21H32BrN5O4Si/c1-25-19(28)17-16(22)11-26(12-31-7-8-32(2,3)4)18(17)24-20(25)27-14-5-6-15(27)10-13(9-14)23-21(29)30/h11,13-15,23H,5-10,12H2,1-4H3,(H,29,30). The molecule has 0 aromatic carbocycles. The van der Waals surface area contributed by atoms with E-state index in [1.54, 1.807) is 11.6 Å². The van der Waals surface area contributed by atoms with Crippen LogP contribution in [0.25, 0.3) is 11.0 Å². The summed E-state index contributed by atoms with van der Waals surface area (Å²) in [6, 6.07) is 1.36. The van der Waals surface area contributed by atoms with E-state index in [1.807, 2.05) is 10.8 Å². The molecule has 4 heterocycles. The predicted octanol–water partition coefficient (Wildman–Crippen LogP) is 3.58. The van der Waals surface area contributed by atoms with Crippen molar-refractivity contribution in [1.82, 2.24) is 19.4 Å². The highest BCUT2D eigenvalue weighted by molar-refractivity contribution is 9.10. The summed E-state index contributed by atoms with van der Waals surface area (Å²) < 4.78 is 10.2. The van der Waals surface area contributed by atoms with E-state index in [0.717, 1.165) is 31.7 Å². The maximum absolute atomic E-state index is 13.3. The minimum absolute atomic E-state index is 0.0558. The number of piperidine rings is 1. The molecule has 2 aliphatic heterocycles. The van der Waals surface area contributed by atoms with E-state index in [4.69, 9.17) is 14.8 Å². The molecule has 2 aromatic heterocycles. The molecule has 0 radical (unpaired) electrons. The number of ether oxygens (including phenoxy) is 1. The molecule has 176 valence electrons. The van der Waals surface area contributed by atoms with Crippen LogP contribution in [0.5, 0.6) is 0 Å². The first-order valence-corrected chi connectivity index (χ1v) is 15.7. The summed E-state index contributed by atoms with van der Waals surface area (Å²) in [5, 5.41) is 12.3.